The average molecular weight is 435 g/mol. The minimum Gasteiger partial charge on any atom is -0.389 e. The van der Waals surface area contributed by atoms with Crippen molar-refractivity contribution in [3.63, 3.8) is 0 Å². The van der Waals surface area contributed by atoms with Gasteiger partial charge in [0.05, 0.1) is 6.10 Å². The first-order valence-electron chi connectivity index (χ1n) is 11.1. The molecule has 5 rings (SSSR count). The molecule has 0 amide bonds. The van der Waals surface area contributed by atoms with E-state index < -0.39 is 18.3 Å². The van der Waals surface area contributed by atoms with Crippen LogP contribution in [0.4, 0.5) is 0 Å². The Hall–Kier alpha value is -1.02. The number of rotatable bonds is 3. The summed E-state index contributed by atoms with van der Waals surface area (Å²) >= 11 is 1.31. The van der Waals surface area contributed by atoms with Crippen LogP contribution < -0.4 is 0 Å². The number of carbonyl (C=O) groups is 3. The lowest BCUT2D eigenvalue weighted by molar-refractivity contribution is -0.160. The first-order chi connectivity index (χ1) is 14.2. The van der Waals surface area contributed by atoms with Gasteiger partial charge in [-0.15, -0.1) is 0 Å². The zero-order valence-electron chi connectivity index (χ0n) is 17.5. The summed E-state index contributed by atoms with van der Waals surface area (Å²) in [4.78, 5) is 36.9. The third kappa shape index (κ3) is 2.64. The van der Waals surface area contributed by atoms with Crippen LogP contribution in [0.2, 0.25) is 0 Å². The molecule has 3 unspecified atom stereocenters. The zero-order valence-corrected chi connectivity index (χ0v) is 18.3. The Morgan fingerprint density at radius 3 is 2.80 bits per heavy atom. The molecule has 1 spiro atoms. The Morgan fingerprint density at radius 1 is 1.33 bits per heavy atom. The topological polar surface area (TPSA) is 101 Å². The maximum atomic E-state index is 12.6. The van der Waals surface area contributed by atoms with E-state index in [4.69, 9.17) is 4.74 Å². The van der Waals surface area contributed by atoms with Crippen molar-refractivity contribution in [3.8, 4) is 0 Å². The number of hydrogen-bond donors (Lipinski definition) is 2. The van der Waals surface area contributed by atoms with Gasteiger partial charge in [-0.05, 0) is 66.9 Å². The predicted molar refractivity (Wildman–Crippen MR) is 110 cm³/mol. The van der Waals surface area contributed by atoms with E-state index in [-0.39, 0.29) is 57.1 Å². The molecule has 0 aromatic carbocycles. The highest BCUT2D eigenvalue weighted by molar-refractivity contribution is 8.14. The van der Waals surface area contributed by atoms with E-state index in [1.54, 1.807) is 13.0 Å². The summed E-state index contributed by atoms with van der Waals surface area (Å²) < 4.78 is 6.18. The highest BCUT2D eigenvalue weighted by Crippen LogP contribution is 2.71. The number of Topliss-reactive ketones (excluding diaryl/α,β-unsaturated/α-hetero) is 1. The van der Waals surface area contributed by atoms with Gasteiger partial charge in [-0.3, -0.25) is 14.4 Å². The summed E-state index contributed by atoms with van der Waals surface area (Å²) in [6.07, 6.45) is 4.75. The van der Waals surface area contributed by atoms with Gasteiger partial charge in [-0.25, -0.2) is 0 Å². The molecule has 0 aromatic heterocycles. The fourth-order valence-electron chi connectivity index (χ4n) is 8.14. The zero-order chi connectivity index (χ0) is 21.4. The molecule has 5 aliphatic rings. The van der Waals surface area contributed by atoms with Crippen LogP contribution in [0.15, 0.2) is 11.6 Å². The lowest BCUT2D eigenvalue weighted by atomic mass is 9.46. The van der Waals surface area contributed by atoms with Crippen LogP contribution in [-0.4, -0.2) is 51.1 Å². The Bertz CT molecular complexity index is 838. The SMILES string of the molecule is CC(=O)SC1C[C@H]2[C@@H]3CC[C@H](C(=O)CO)[C@@]34CC(OC4O)[C@@H]2[C@@]2(C)CCC(=O)C=C12. The molecule has 1 aliphatic heterocycles. The molecule has 1 heterocycles. The van der Waals surface area contributed by atoms with Crippen LogP contribution >= 0.6 is 11.8 Å². The van der Waals surface area contributed by atoms with E-state index in [1.807, 2.05) is 0 Å². The number of ether oxygens (including phenoxy) is 1. The van der Waals surface area contributed by atoms with Crippen LogP contribution in [-0.2, 0) is 19.1 Å². The predicted octanol–water partition coefficient (Wildman–Crippen LogP) is 2.26. The first kappa shape index (κ1) is 20.9. The van der Waals surface area contributed by atoms with Crippen LogP contribution in [0.5, 0.6) is 0 Å². The van der Waals surface area contributed by atoms with E-state index in [9.17, 15) is 24.6 Å². The van der Waals surface area contributed by atoms with E-state index in [2.05, 4.69) is 6.92 Å². The maximum absolute atomic E-state index is 12.6. The van der Waals surface area contributed by atoms with Gasteiger partial charge in [0.1, 0.15) is 6.61 Å². The van der Waals surface area contributed by atoms with Gasteiger partial charge < -0.3 is 14.9 Å². The van der Waals surface area contributed by atoms with Crippen molar-refractivity contribution >= 4 is 28.4 Å². The summed E-state index contributed by atoms with van der Waals surface area (Å²) in [5.74, 6) is 0.0817. The highest BCUT2D eigenvalue weighted by atomic mass is 32.2. The fourth-order valence-corrected chi connectivity index (χ4v) is 9.32. The van der Waals surface area contributed by atoms with Gasteiger partial charge in [-0.2, -0.15) is 0 Å². The molecule has 0 aromatic rings. The van der Waals surface area contributed by atoms with Crippen LogP contribution in [0.25, 0.3) is 0 Å². The Kier molecular flexibility index (Phi) is 4.86. The number of fused-ring (bicyclic) bond motifs is 6. The van der Waals surface area contributed by atoms with Crippen LogP contribution in [0.1, 0.15) is 52.4 Å². The quantitative estimate of drug-likeness (QED) is 0.703. The molecule has 2 N–H and O–H groups in total. The number of thioether (sulfide) groups is 1. The Labute approximate surface area is 180 Å². The minimum absolute atomic E-state index is 0.0442. The molecule has 4 fully saturated rings. The van der Waals surface area contributed by atoms with Crippen molar-refractivity contribution in [3.05, 3.63) is 11.6 Å². The van der Waals surface area contributed by atoms with Gasteiger partial charge >= 0.3 is 0 Å². The minimum atomic E-state index is -0.999. The first-order valence-corrected chi connectivity index (χ1v) is 12.0. The summed E-state index contributed by atoms with van der Waals surface area (Å²) in [5, 5.41) is 20.6. The monoisotopic (exact) mass is 434 g/mol. The third-order valence-corrected chi connectivity index (χ3v) is 10.2. The van der Waals surface area contributed by atoms with E-state index in [0.29, 0.717) is 19.3 Å². The Balaban J connectivity index is 1.60. The average Bonchev–Trinajstić information content (AvgIpc) is 3.21. The van der Waals surface area contributed by atoms with Crippen molar-refractivity contribution in [1.82, 2.24) is 0 Å². The molecule has 9 atom stereocenters. The molecular weight excluding hydrogens is 404 g/mol. The molecule has 2 bridgehead atoms. The van der Waals surface area contributed by atoms with Crippen molar-refractivity contribution in [2.24, 2.45) is 34.5 Å². The Morgan fingerprint density at radius 2 is 2.10 bits per heavy atom. The molecule has 0 radical (unpaired) electrons. The van der Waals surface area contributed by atoms with Crippen LogP contribution in [0, 0.1) is 34.5 Å². The molecule has 7 heteroatoms. The molecule has 4 aliphatic carbocycles. The summed E-state index contributed by atoms with van der Waals surface area (Å²) in [6.45, 7) is 3.28. The lowest BCUT2D eigenvalue weighted by Crippen LogP contribution is -2.57. The molecule has 6 nitrogen and oxygen atoms in total. The molecule has 30 heavy (non-hydrogen) atoms. The lowest BCUT2D eigenvalue weighted by Gasteiger charge is -2.59. The van der Waals surface area contributed by atoms with Crippen LogP contribution in [0.3, 0.4) is 0 Å². The highest BCUT2D eigenvalue weighted by Gasteiger charge is 2.72. The van der Waals surface area contributed by atoms with E-state index >= 15 is 0 Å². The van der Waals surface area contributed by atoms with Gasteiger partial charge in [0.15, 0.2) is 23.0 Å². The largest absolute Gasteiger partial charge is 0.389 e. The number of aliphatic hydroxyl groups is 2. The number of aliphatic hydroxyl groups excluding tert-OH is 2. The maximum Gasteiger partial charge on any atom is 0.186 e. The number of hydrogen-bond acceptors (Lipinski definition) is 7. The van der Waals surface area contributed by atoms with Crippen molar-refractivity contribution < 1.29 is 29.3 Å². The third-order valence-electron chi connectivity index (χ3n) is 9.09. The molecule has 164 valence electrons. The molecular formula is C23H30O6S. The summed E-state index contributed by atoms with van der Waals surface area (Å²) in [6, 6.07) is 0. The normalized spacial score (nSPS) is 49.1. The van der Waals surface area contributed by atoms with Gasteiger partial charge in [-0.1, -0.05) is 18.7 Å². The van der Waals surface area contributed by atoms with Crippen molar-refractivity contribution in [1.29, 1.82) is 0 Å². The smallest absolute Gasteiger partial charge is 0.186 e. The molecule has 3 saturated carbocycles. The standard InChI is InChI=1S/C23H30O6S/c1-11(25)30-19-8-13-14-3-4-15(17(27)10-24)23(14)9-18(29-21(23)28)20(13)22(2)6-5-12(26)7-16(19)22/h7,13-15,18-21,24,28H,3-6,8-10H2,1-2H3/t13-,14-,15+,18?,19?,20+,21?,22-,23+/m0/s1. The van der Waals surface area contributed by atoms with Crippen molar-refractivity contribution in [2.75, 3.05) is 6.61 Å². The number of carbonyl (C=O) groups excluding carboxylic acids is 3. The van der Waals surface area contributed by atoms with Gasteiger partial charge in [0.2, 0.25) is 0 Å². The summed E-state index contributed by atoms with van der Waals surface area (Å²) in [7, 11) is 0. The molecule has 1 saturated heterocycles. The second kappa shape index (κ2) is 6.99. The summed E-state index contributed by atoms with van der Waals surface area (Å²) in [5.41, 5.74) is 0.196. The number of ketones is 2. The van der Waals surface area contributed by atoms with E-state index in [0.717, 1.165) is 24.8 Å². The van der Waals surface area contributed by atoms with Crippen molar-refractivity contribution in [2.45, 2.75) is 70.0 Å². The fraction of sp³-hybridized carbons (Fsp3) is 0.783. The van der Waals surface area contributed by atoms with Gasteiger partial charge in [0.25, 0.3) is 0 Å². The second-order valence-corrected chi connectivity index (χ2v) is 11.6. The van der Waals surface area contributed by atoms with E-state index in [1.165, 1.54) is 11.8 Å². The second-order valence-electron chi connectivity index (χ2n) is 10.2. The van der Waals surface area contributed by atoms with Gasteiger partial charge in [0, 0.05) is 29.9 Å².